The molecule has 2 amide bonds. The Balaban J connectivity index is 1.41. The molecule has 1 unspecified atom stereocenters. The van der Waals surface area contributed by atoms with Gasteiger partial charge < -0.3 is 20.4 Å². The van der Waals surface area contributed by atoms with Crippen molar-refractivity contribution < 1.29 is 9.59 Å². The number of nitrogens with zero attached hydrogens (tertiary/aromatic N) is 4. The summed E-state index contributed by atoms with van der Waals surface area (Å²) in [6, 6.07) is 7.72. The number of benzene rings is 1. The second-order valence-corrected chi connectivity index (χ2v) is 7.48. The number of rotatable bonds is 5. The van der Waals surface area contributed by atoms with Gasteiger partial charge in [0, 0.05) is 57.0 Å². The molecule has 1 atom stereocenters. The van der Waals surface area contributed by atoms with E-state index in [1.807, 2.05) is 25.2 Å². The average molecular weight is 394 g/mol. The Morgan fingerprint density at radius 3 is 2.86 bits per heavy atom. The smallest absolute Gasteiger partial charge is 0.251 e. The number of carbonyl (C=O) groups is 2. The monoisotopic (exact) mass is 394 g/mol. The van der Waals surface area contributed by atoms with Gasteiger partial charge in [-0.2, -0.15) is 0 Å². The Hall–Kier alpha value is -3.16. The Bertz CT molecular complexity index is 931. The summed E-state index contributed by atoms with van der Waals surface area (Å²) >= 11 is 0. The van der Waals surface area contributed by atoms with Crippen LogP contribution in [-0.4, -0.2) is 54.5 Å². The van der Waals surface area contributed by atoms with E-state index in [4.69, 9.17) is 0 Å². The number of aromatic nitrogens is 2. The van der Waals surface area contributed by atoms with Crippen LogP contribution in [0.25, 0.3) is 0 Å². The molecule has 0 spiro atoms. The third-order valence-electron chi connectivity index (χ3n) is 5.70. The molecule has 29 heavy (non-hydrogen) atoms. The number of fused-ring (bicyclic) bond motifs is 1. The van der Waals surface area contributed by atoms with Gasteiger partial charge in [0.2, 0.25) is 5.91 Å². The lowest BCUT2D eigenvalue weighted by atomic mass is 10.1. The van der Waals surface area contributed by atoms with Crippen LogP contribution >= 0.6 is 0 Å². The summed E-state index contributed by atoms with van der Waals surface area (Å²) in [5.41, 5.74) is 2.61. The van der Waals surface area contributed by atoms with Crippen LogP contribution < -0.4 is 20.4 Å². The van der Waals surface area contributed by atoms with Gasteiger partial charge in [0.1, 0.15) is 18.0 Å². The fourth-order valence-corrected chi connectivity index (χ4v) is 4.17. The molecule has 3 heterocycles. The molecule has 0 bridgehead atoms. The number of hydrogen-bond donors (Lipinski definition) is 2. The van der Waals surface area contributed by atoms with Gasteiger partial charge in [-0.25, -0.2) is 9.97 Å². The third-order valence-corrected chi connectivity index (χ3v) is 5.70. The molecule has 2 N–H and O–H groups in total. The van der Waals surface area contributed by atoms with Crippen molar-refractivity contribution in [2.75, 3.05) is 41.8 Å². The molecule has 2 aromatic rings. The predicted octanol–water partition coefficient (Wildman–Crippen LogP) is 1.83. The Morgan fingerprint density at radius 1 is 1.21 bits per heavy atom. The lowest BCUT2D eigenvalue weighted by molar-refractivity contribution is -0.116. The Labute approximate surface area is 170 Å². The normalized spacial score (nSPS) is 17.9. The minimum absolute atomic E-state index is 0.0356. The maximum Gasteiger partial charge on any atom is 0.251 e. The number of hydrogen-bond acceptors (Lipinski definition) is 6. The van der Waals surface area contributed by atoms with Gasteiger partial charge in [0.25, 0.3) is 5.91 Å². The number of amides is 2. The Kier molecular flexibility index (Phi) is 5.33. The summed E-state index contributed by atoms with van der Waals surface area (Å²) in [6.07, 6.45) is 4.42. The van der Waals surface area contributed by atoms with Crippen LogP contribution in [-0.2, 0) is 11.2 Å². The molecule has 1 aromatic heterocycles. The number of carbonyl (C=O) groups excluding carboxylic acids is 2. The van der Waals surface area contributed by atoms with Crippen molar-refractivity contribution >= 4 is 29.1 Å². The Morgan fingerprint density at radius 2 is 2.07 bits per heavy atom. The van der Waals surface area contributed by atoms with Gasteiger partial charge in [-0.15, -0.1) is 0 Å². The standard InChI is InChI=1S/C21H26N6O2/c1-14(28)26-9-7-15-10-16(5-6-18(15)26)21(29)23-12-17-4-3-8-27(17)20-11-19(22-2)24-13-25-20/h5-6,10-11,13,17H,3-4,7-9,12H2,1-2H3,(H,23,29)(H,22,24,25). The summed E-state index contributed by atoms with van der Waals surface area (Å²) in [5, 5.41) is 6.11. The molecular formula is C21H26N6O2. The van der Waals surface area contributed by atoms with E-state index in [1.54, 1.807) is 24.2 Å². The lowest BCUT2D eigenvalue weighted by Gasteiger charge is -2.26. The highest BCUT2D eigenvalue weighted by Gasteiger charge is 2.27. The van der Waals surface area contributed by atoms with Gasteiger partial charge in [-0.3, -0.25) is 9.59 Å². The van der Waals surface area contributed by atoms with Crippen molar-refractivity contribution in [1.82, 2.24) is 15.3 Å². The highest BCUT2D eigenvalue weighted by atomic mass is 16.2. The zero-order valence-electron chi connectivity index (χ0n) is 16.8. The maximum absolute atomic E-state index is 12.7. The van der Waals surface area contributed by atoms with Gasteiger partial charge in [0.05, 0.1) is 0 Å². The van der Waals surface area contributed by atoms with Gasteiger partial charge in [-0.1, -0.05) is 0 Å². The first-order valence-corrected chi connectivity index (χ1v) is 10.0. The van der Waals surface area contributed by atoms with Crippen LogP contribution in [0.15, 0.2) is 30.6 Å². The molecule has 2 aliphatic heterocycles. The van der Waals surface area contributed by atoms with Crippen LogP contribution in [0, 0.1) is 0 Å². The molecule has 0 aliphatic carbocycles. The van der Waals surface area contributed by atoms with E-state index in [2.05, 4.69) is 25.5 Å². The highest BCUT2D eigenvalue weighted by Crippen LogP contribution is 2.29. The molecule has 8 nitrogen and oxygen atoms in total. The fraction of sp³-hybridized carbons (Fsp3) is 0.429. The van der Waals surface area contributed by atoms with Crippen molar-refractivity contribution in [2.45, 2.75) is 32.2 Å². The summed E-state index contributed by atoms with van der Waals surface area (Å²) in [6.45, 7) is 3.73. The largest absolute Gasteiger partial charge is 0.373 e. The molecule has 1 aromatic carbocycles. The zero-order chi connectivity index (χ0) is 20.4. The van der Waals surface area contributed by atoms with E-state index in [-0.39, 0.29) is 17.9 Å². The topological polar surface area (TPSA) is 90.5 Å². The third kappa shape index (κ3) is 3.87. The van der Waals surface area contributed by atoms with Crippen molar-refractivity contribution in [1.29, 1.82) is 0 Å². The van der Waals surface area contributed by atoms with E-state index in [0.717, 1.165) is 48.7 Å². The first kappa shape index (κ1) is 19.2. The van der Waals surface area contributed by atoms with Crippen molar-refractivity contribution in [3.63, 3.8) is 0 Å². The molecule has 4 rings (SSSR count). The summed E-state index contributed by atoms with van der Waals surface area (Å²) in [4.78, 5) is 37.0. The highest BCUT2D eigenvalue weighted by molar-refractivity contribution is 5.97. The van der Waals surface area contributed by atoms with Gasteiger partial charge >= 0.3 is 0 Å². The summed E-state index contributed by atoms with van der Waals surface area (Å²) in [7, 11) is 1.83. The van der Waals surface area contributed by atoms with Crippen molar-refractivity contribution in [2.24, 2.45) is 0 Å². The SMILES string of the molecule is CNc1cc(N2CCCC2CNC(=O)c2ccc3c(c2)CCN3C(C)=O)ncn1. The summed E-state index contributed by atoms with van der Waals surface area (Å²) in [5.74, 6) is 1.61. The molecule has 0 saturated carbocycles. The zero-order valence-corrected chi connectivity index (χ0v) is 16.8. The number of anilines is 3. The van der Waals surface area contributed by atoms with E-state index < -0.39 is 0 Å². The van der Waals surface area contributed by atoms with E-state index >= 15 is 0 Å². The van der Waals surface area contributed by atoms with Crippen LogP contribution in [0.4, 0.5) is 17.3 Å². The van der Waals surface area contributed by atoms with Crippen LogP contribution in [0.1, 0.15) is 35.7 Å². The van der Waals surface area contributed by atoms with E-state index in [0.29, 0.717) is 18.7 Å². The van der Waals surface area contributed by atoms with Gasteiger partial charge in [-0.05, 0) is 43.0 Å². The second kappa shape index (κ2) is 8.06. The quantitative estimate of drug-likeness (QED) is 0.804. The minimum atomic E-state index is -0.0838. The average Bonchev–Trinajstić information content (AvgIpc) is 3.38. The first-order chi connectivity index (χ1) is 14.1. The molecule has 8 heteroatoms. The fourth-order valence-electron chi connectivity index (χ4n) is 4.17. The van der Waals surface area contributed by atoms with E-state index in [1.165, 1.54) is 0 Å². The maximum atomic E-state index is 12.7. The van der Waals surface area contributed by atoms with Crippen molar-refractivity contribution in [3.05, 3.63) is 41.7 Å². The molecule has 1 saturated heterocycles. The van der Waals surface area contributed by atoms with E-state index in [9.17, 15) is 9.59 Å². The number of nitrogens with one attached hydrogen (secondary N) is 2. The molecule has 1 fully saturated rings. The van der Waals surface area contributed by atoms with Crippen molar-refractivity contribution in [3.8, 4) is 0 Å². The van der Waals surface area contributed by atoms with Gasteiger partial charge in [0.15, 0.2) is 0 Å². The van der Waals surface area contributed by atoms with Crippen LogP contribution in [0.5, 0.6) is 0 Å². The lowest BCUT2D eigenvalue weighted by Crippen LogP contribution is -2.40. The predicted molar refractivity (Wildman–Crippen MR) is 112 cm³/mol. The summed E-state index contributed by atoms with van der Waals surface area (Å²) < 4.78 is 0. The molecular weight excluding hydrogens is 368 g/mol. The molecule has 0 radical (unpaired) electrons. The first-order valence-electron chi connectivity index (χ1n) is 10.0. The second-order valence-electron chi connectivity index (χ2n) is 7.48. The minimum Gasteiger partial charge on any atom is -0.373 e. The van der Waals surface area contributed by atoms with Crippen LogP contribution in [0.2, 0.25) is 0 Å². The van der Waals surface area contributed by atoms with Crippen LogP contribution in [0.3, 0.4) is 0 Å². The molecule has 2 aliphatic rings. The molecule has 152 valence electrons.